The van der Waals surface area contributed by atoms with Gasteiger partial charge in [0.2, 0.25) is 10.0 Å². The highest BCUT2D eigenvalue weighted by Gasteiger charge is 2.19. The van der Waals surface area contributed by atoms with E-state index in [2.05, 4.69) is 20.7 Å². The minimum Gasteiger partial charge on any atom is -0.392 e. The lowest BCUT2D eigenvalue weighted by Crippen LogP contribution is -2.30. The zero-order valence-corrected chi connectivity index (χ0v) is 12.7. The number of aliphatic hydroxyl groups is 1. The summed E-state index contributed by atoms with van der Waals surface area (Å²) in [5, 5.41) is 9.33. The van der Waals surface area contributed by atoms with Gasteiger partial charge in [-0.3, -0.25) is 0 Å². The molecule has 0 saturated carbocycles. The topological polar surface area (TPSA) is 66.4 Å². The molecule has 1 aromatic rings. The van der Waals surface area contributed by atoms with Crippen LogP contribution < -0.4 is 4.72 Å². The molecule has 0 radical (unpaired) electrons. The number of rotatable bonds is 4. The summed E-state index contributed by atoms with van der Waals surface area (Å²) in [6, 6.07) is 2.65. The molecule has 1 rings (SSSR count). The normalized spacial score (nSPS) is 13.7. The Labute approximate surface area is 118 Å². The Morgan fingerprint density at radius 3 is 2.53 bits per heavy atom. The van der Waals surface area contributed by atoms with E-state index in [1.807, 2.05) is 0 Å². The van der Waals surface area contributed by atoms with Crippen LogP contribution >= 0.6 is 39.1 Å². The lowest BCUT2D eigenvalue weighted by atomic mass is 10.4. The molecule has 17 heavy (non-hydrogen) atoms. The first-order valence-electron chi connectivity index (χ1n) is 4.56. The highest BCUT2D eigenvalue weighted by molar-refractivity contribution is 9.10. The van der Waals surface area contributed by atoms with Crippen molar-refractivity contribution in [1.82, 2.24) is 4.72 Å². The average molecular weight is 363 g/mol. The molecule has 1 aromatic carbocycles. The lowest BCUT2D eigenvalue weighted by molar-refractivity contribution is 0.198. The fraction of sp³-hybridized carbons (Fsp3) is 0.333. The van der Waals surface area contributed by atoms with Crippen molar-refractivity contribution in [2.75, 3.05) is 6.54 Å². The van der Waals surface area contributed by atoms with Crippen molar-refractivity contribution in [2.45, 2.75) is 17.9 Å². The highest BCUT2D eigenvalue weighted by Crippen LogP contribution is 2.31. The van der Waals surface area contributed by atoms with Crippen molar-refractivity contribution in [1.29, 1.82) is 0 Å². The van der Waals surface area contributed by atoms with E-state index >= 15 is 0 Å². The van der Waals surface area contributed by atoms with Crippen LogP contribution in [0.3, 0.4) is 0 Å². The van der Waals surface area contributed by atoms with Crippen LogP contribution in [0.4, 0.5) is 0 Å². The third-order valence-corrected chi connectivity index (χ3v) is 4.92. The van der Waals surface area contributed by atoms with E-state index in [1.54, 1.807) is 0 Å². The van der Waals surface area contributed by atoms with Crippen molar-refractivity contribution in [3.05, 3.63) is 26.7 Å². The first-order chi connectivity index (χ1) is 7.74. The van der Waals surface area contributed by atoms with Gasteiger partial charge in [-0.15, -0.1) is 0 Å². The summed E-state index contributed by atoms with van der Waals surface area (Å²) in [5.74, 6) is 0. The zero-order valence-electron chi connectivity index (χ0n) is 8.75. The molecule has 0 aromatic heterocycles. The Morgan fingerprint density at radius 2 is 2.00 bits per heavy atom. The molecule has 4 nitrogen and oxygen atoms in total. The molecule has 0 amide bonds. The molecule has 1 atom stereocenters. The molecule has 0 aliphatic rings. The van der Waals surface area contributed by atoms with E-state index in [9.17, 15) is 8.42 Å². The largest absolute Gasteiger partial charge is 0.392 e. The Bertz CT molecular complexity index is 519. The molecular formula is C9H10BrCl2NO3S. The van der Waals surface area contributed by atoms with Crippen LogP contribution in [-0.4, -0.2) is 26.2 Å². The van der Waals surface area contributed by atoms with Gasteiger partial charge in [0.05, 0.1) is 16.1 Å². The number of aliphatic hydroxyl groups excluding tert-OH is 1. The van der Waals surface area contributed by atoms with E-state index in [4.69, 9.17) is 28.3 Å². The minimum absolute atomic E-state index is 0.0550. The van der Waals surface area contributed by atoms with Gasteiger partial charge in [-0.25, -0.2) is 13.1 Å². The van der Waals surface area contributed by atoms with Gasteiger partial charge >= 0.3 is 0 Å². The van der Waals surface area contributed by atoms with E-state index in [0.717, 1.165) is 0 Å². The number of hydrogen-bond acceptors (Lipinski definition) is 3. The van der Waals surface area contributed by atoms with Gasteiger partial charge in [-0.2, -0.15) is 0 Å². The second-order valence-electron chi connectivity index (χ2n) is 3.40. The van der Waals surface area contributed by atoms with Crippen molar-refractivity contribution in [3.8, 4) is 0 Å². The molecule has 0 unspecified atom stereocenters. The Hall–Kier alpha value is 0.150. The van der Waals surface area contributed by atoms with Gasteiger partial charge in [0.25, 0.3) is 0 Å². The third kappa shape index (κ3) is 4.08. The maximum absolute atomic E-state index is 11.8. The number of nitrogens with one attached hydrogen (secondary N) is 1. The second kappa shape index (κ2) is 5.86. The van der Waals surface area contributed by atoms with Crippen LogP contribution in [-0.2, 0) is 10.0 Å². The summed E-state index contributed by atoms with van der Waals surface area (Å²) in [5.41, 5.74) is 0. The smallest absolute Gasteiger partial charge is 0.242 e. The van der Waals surface area contributed by atoms with E-state index in [-0.39, 0.29) is 21.5 Å². The molecule has 96 valence electrons. The molecule has 8 heteroatoms. The average Bonchev–Trinajstić information content (AvgIpc) is 2.20. The van der Waals surface area contributed by atoms with Crippen LogP contribution in [0.2, 0.25) is 10.0 Å². The van der Waals surface area contributed by atoms with Crippen molar-refractivity contribution < 1.29 is 13.5 Å². The van der Waals surface area contributed by atoms with Gasteiger partial charge in [0.15, 0.2) is 0 Å². The van der Waals surface area contributed by atoms with Crippen LogP contribution in [0.5, 0.6) is 0 Å². The minimum atomic E-state index is -3.77. The zero-order chi connectivity index (χ0) is 13.2. The van der Waals surface area contributed by atoms with Crippen LogP contribution in [0.1, 0.15) is 6.92 Å². The number of halogens is 3. The lowest BCUT2D eigenvalue weighted by Gasteiger charge is -2.10. The molecular weight excluding hydrogens is 353 g/mol. The van der Waals surface area contributed by atoms with Gasteiger partial charge in [0, 0.05) is 11.0 Å². The summed E-state index contributed by atoms with van der Waals surface area (Å²) in [6.45, 7) is 1.38. The maximum atomic E-state index is 11.8. The molecule has 0 aliphatic heterocycles. The van der Waals surface area contributed by atoms with Crippen molar-refractivity contribution >= 4 is 49.2 Å². The molecule has 0 bridgehead atoms. The Morgan fingerprint density at radius 1 is 1.41 bits per heavy atom. The summed E-state index contributed by atoms with van der Waals surface area (Å²) < 4.78 is 26.4. The first-order valence-corrected chi connectivity index (χ1v) is 7.59. The summed E-state index contributed by atoms with van der Waals surface area (Å²) >= 11 is 14.8. The van der Waals surface area contributed by atoms with Crippen molar-refractivity contribution in [2.24, 2.45) is 0 Å². The molecule has 0 spiro atoms. The number of sulfonamides is 1. The molecule has 2 N–H and O–H groups in total. The van der Waals surface area contributed by atoms with Crippen molar-refractivity contribution in [3.63, 3.8) is 0 Å². The quantitative estimate of drug-likeness (QED) is 0.808. The van der Waals surface area contributed by atoms with Crippen LogP contribution in [0.25, 0.3) is 0 Å². The number of benzene rings is 1. The monoisotopic (exact) mass is 361 g/mol. The van der Waals surface area contributed by atoms with Crippen LogP contribution in [0, 0.1) is 0 Å². The summed E-state index contributed by atoms with van der Waals surface area (Å²) in [6.07, 6.45) is -0.783. The molecule has 0 heterocycles. The third-order valence-electron chi connectivity index (χ3n) is 1.83. The summed E-state index contributed by atoms with van der Waals surface area (Å²) in [4.78, 5) is -0.118. The van der Waals surface area contributed by atoms with E-state index < -0.39 is 16.1 Å². The van der Waals surface area contributed by atoms with Gasteiger partial charge in [-0.05, 0) is 35.0 Å². The molecule has 0 aliphatic carbocycles. The first kappa shape index (κ1) is 15.2. The predicted octanol–water partition coefficient (Wildman–Crippen LogP) is 2.42. The van der Waals surface area contributed by atoms with E-state index in [1.165, 1.54) is 19.1 Å². The van der Waals surface area contributed by atoms with Crippen LogP contribution in [0.15, 0.2) is 21.5 Å². The Balaban J connectivity index is 3.11. The van der Waals surface area contributed by atoms with Gasteiger partial charge in [-0.1, -0.05) is 23.2 Å². The SMILES string of the molecule is C[C@@H](O)CNS(=O)(=O)c1cc(Cl)c(Br)cc1Cl. The highest BCUT2D eigenvalue weighted by atomic mass is 79.9. The standard InChI is InChI=1S/C9H10BrCl2NO3S/c1-5(14)4-13-17(15,16)9-3-7(11)6(10)2-8(9)12/h2-3,5,13-14H,4H2,1H3/t5-/m1/s1. The fourth-order valence-corrected chi connectivity index (χ4v) is 3.39. The fourth-order valence-electron chi connectivity index (χ4n) is 1.02. The molecule has 0 fully saturated rings. The van der Waals surface area contributed by atoms with Gasteiger partial charge < -0.3 is 5.11 Å². The molecule has 0 saturated heterocycles. The van der Waals surface area contributed by atoms with E-state index in [0.29, 0.717) is 4.47 Å². The predicted molar refractivity (Wildman–Crippen MR) is 71.0 cm³/mol. The summed E-state index contributed by atoms with van der Waals surface area (Å²) in [7, 11) is -3.77. The second-order valence-corrected chi connectivity index (χ2v) is 6.80. The number of hydrogen-bond donors (Lipinski definition) is 2. The Kier molecular flexibility index (Phi) is 5.24. The maximum Gasteiger partial charge on any atom is 0.242 e. The van der Waals surface area contributed by atoms with Gasteiger partial charge in [0.1, 0.15) is 4.90 Å².